The Labute approximate surface area is 273 Å². The van der Waals surface area contributed by atoms with E-state index in [1.54, 1.807) is 12.1 Å². The van der Waals surface area contributed by atoms with Gasteiger partial charge in [0.15, 0.2) is 0 Å². The molecule has 0 aliphatic carbocycles. The summed E-state index contributed by atoms with van der Waals surface area (Å²) in [6, 6.07) is 22.9. The van der Waals surface area contributed by atoms with Crippen LogP contribution in [0.4, 0.5) is 0 Å². The number of ether oxygens (including phenoxy) is 4. The van der Waals surface area contributed by atoms with Crippen molar-refractivity contribution in [2.24, 2.45) is 0 Å². The molecule has 0 amide bonds. The number of hydrogen-bond donors (Lipinski definition) is 2. The van der Waals surface area contributed by atoms with Gasteiger partial charge in [0.1, 0.15) is 24.7 Å². The van der Waals surface area contributed by atoms with Gasteiger partial charge in [-0.1, -0.05) is 88.4 Å². The molecule has 3 rings (SSSR count). The van der Waals surface area contributed by atoms with E-state index < -0.39 is 10.8 Å². The molecule has 0 atom stereocenters. The zero-order chi connectivity index (χ0) is 33.4. The summed E-state index contributed by atoms with van der Waals surface area (Å²) in [5, 5.41) is 22.0. The van der Waals surface area contributed by atoms with Crippen molar-refractivity contribution in [2.75, 3.05) is 26.4 Å². The molecule has 0 unspecified atom stereocenters. The van der Waals surface area contributed by atoms with Crippen LogP contribution < -0.4 is 0 Å². The topological polar surface area (TPSA) is 112 Å². The second-order valence-electron chi connectivity index (χ2n) is 12.9. The van der Waals surface area contributed by atoms with E-state index >= 15 is 0 Å². The maximum atomic E-state index is 12.2. The number of phenolic OH excluding ortho intramolecular Hbond substituents is 2. The third kappa shape index (κ3) is 12.5. The zero-order valence-electron chi connectivity index (χ0n) is 27.8. The highest BCUT2D eigenvalue weighted by Gasteiger charge is 2.30. The molecule has 0 aromatic heterocycles. The van der Waals surface area contributed by atoms with Crippen LogP contribution in [0.3, 0.4) is 0 Å². The van der Waals surface area contributed by atoms with Gasteiger partial charge < -0.3 is 29.2 Å². The summed E-state index contributed by atoms with van der Waals surface area (Å²) in [6.45, 7) is 9.92. The Morgan fingerprint density at radius 2 is 0.957 bits per heavy atom. The maximum Gasteiger partial charge on any atom is 0.305 e. The first-order valence-electron chi connectivity index (χ1n) is 16.1. The van der Waals surface area contributed by atoms with Crippen LogP contribution in [0.2, 0.25) is 0 Å². The molecular formula is C38H50O8. The Balaban J connectivity index is 1.37. The minimum atomic E-state index is -0.488. The summed E-state index contributed by atoms with van der Waals surface area (Å²) >= 11 is 0. The van der Waals surface area contributed by atoms with Crippen molar-refractivity contribution in [3.63, 3.8) is 0 Å². The van der Waals surface area contributed by atoms with Gasteiger partial charge in [0, 0.05) is 24.0 Å². The van der Waals surface area contributed by atoms with Gasteiger partial charge in [0.2, 0.25) is 0 Å². The maximum absolute atomic E-state index is 12.2. The molecule has 8 heteroatoms. The zero-order valence-corrected chi connectivity index (χ0v) is 27.8. The van der Waals surface area contributed by atoms with Crippen LogP contribution in [0.15, 0.2) is 72.8 Å². The molecule has 2 N–H and O–H groups in total. The van der Waals surface area contributed by atoms with Gasteiger partial charge in [-0.3, -0.25) is 9.59 Å². The molecular weight excluding hydrogens is 584 g/mol. The molecule has 0 bridgehead atoms. The lowest BCUT2D eigenvalue weighted by Crippen LogP contribution is -2.21. The third-order valence-corrected chi connectivity index (χ3v) is 8.14. The first-order valence-corrected chi connectivity index (χ1v) is 16.1. The van der Waals surface area contributed by atoms with E-state index in [0.29, 0.717) is 63.2 Å². The minimum absolute atomic E-state index is 0.0962. The average Bonchev–Trinajstić information content (AvgIpc) is 3.02. The summed E-state index contributed by atoms with van der Waals surface area (Å²) < 4.78 is 21.7. The van der Waals surface area contributed by atoms with E-state index in [1.807, 2.05) is 88.4 Å². The van der Waals surface area contributed by atoms with E-state index in [0.717, 1.165) is 11.1 Å². The number of rotatable bonds is 20. The Morgan fingerprint density at radius 3 is 1.33 bits per heavy atom. The number of esters is 2. The Bertz CT molecular complexity index is 1250. The lowest BCUT2D eigenvalue weighted by molar-refractivity contribution is -0.146. The van der Waals surface area contributed by atoms with E-state index in [2.05, 4.69) is 0 Å². The summed E-state index contributed by atoms with van der Waals surface area (Å²) in [5.41, 5.74) is 2.39. The molecule has 46 heavy (non-hydrogen) atoms. The van der Waals surface area contributed by atoms with Crippen molar-refractivity contribution in [3.8, 4) is 11.5 Å². The van der Waals surface area contributed by atoms with Crippen molar-refractivity contribution >= 4 is 11.9 Å². The number of carbonyl (C=O) groups excluding carboxylic acids is 2. The normalized spacial score (nSPS) is 11.7. The molecule has 0 aliphatic heterocycles. The fourth-order valence-electron chi connectivity index (χ4n) is 5.38. The van der Waals surface area contributed by atoms with Gasteiger partial charge in [0.25, 0.3) is 0 Å². The van der Waals surface area contributed by atoms with Gasteiger partial charge in [-0.15, -0.1) is 0 Å². The van der Waals surface area contributed by atoms with E-state index in [4.69, 9.17) is 18.9 Å². The second-order valence-corrected chi connectivity index (χ2v) is 12.9. The van der Waals surface area contributed by atoms with Gasteiger partial charge >= 0.3 is 11.9 Å². The SMILES string of the molecule is CC(C)(CCCC(=O)OCCOCc1ccccc1)c1cc(O)c(C(C)(C)CCCC(=O)OCCOCc2ccccc2)cc1O. The predicted molar refractivity (Wildman–Crippen MR) is 178 cm³/mol. The van der Waals surface area contributed by atoms with Crippen LogP contribution in [0.25, 0.3) is 0 Å². The lowest BCUT2D eigenvalue weighted by atomic mass is 9.75. The van der Waals surface area contributed by atoms with Crippen molar-refractivity contribution in [1.29, 1.82) is 0 Å². The Kier molecular flexibility index (Phi) is 14.6. The van der Waals surface area contributed by atoms with Crippen LogP contribution in [-0.2, 0) is 52.6 Å². The lowest BCUT2D eigenvalue weighted by Gasteiger charge is -2.30. The standard InChI is InChI=1S/C38H50O8/c1-37(2,19-11-17-35(41)45-23-21-43-27-29-13-7-5-8-14-29)31-25-34(40)32(26-33(31)39)38(3,4)20-12-18-36(42)46-24-22-44-28-30-15-9-6-10-16-30/h5-10,13-16,25-26,39-40H,11-12,17-24,27-28H2,1-4H3. The van der Waals surface area contributed by atoms with E-state index in [1.165, 1.54) is 0 Å². The third-order valence-electron chi connectivity index (χ3n) is 8.14. The molecule has 3 aromatic rings. The van der Waals surface area contributed by atoms with Gasteiger partial charge in [-0.05, 0) is 59.8 Å². The van der Waals surface area contributed by atoms with Gasteiger partial charge in [0.05, 0.1) is 26.4 Å². The van der Waals surface area contributed by atoms with Gasteiger partial charge in [-0.25, -0.2) is 0 Å². The van der Waals surface area contributed by atoms with Crippen LogP contribution in [0.5, 0.6) is 11.5 Å². The Hall–Kier alpha value is -3.88. The molecule has 3 aromatic carbocycles. The monoisotopic (exact) mass is 634 g/mol. The van der Waals surface area contributed by atoms with Crippen LogP contribution >= 0.6 is 0 Å². The molecule has 0 aliphatic rings. The molecule has 0 radical (unpaired) electrons. The van der Waals surface area contributed by atoms with Crippen molar-refractivity contribution in [2.45, 2.75) is 90.3 Å². The first kappa shape index (κ1) is 36.6. The highest BCUT2D eigenvalue weighted by molar-refractivity contribution is 5.69. The molecule has 0 heterocycles. The average molecular weight is 635 g/mol. The largest absolute Gasteiger partial charge is 0.508 e. The predicted octanol–water partition coefficient (Wildman–Crippen LogP) is 7.51. The molecule has 8 nitrogen and oxygen atoms in total. The van der Waals surface area contributed by atoms with E-state index in [-0.39, 0.29) is 49.5 Å². The fraction of sp³-hybridized carbons (Fsp3) is 0.474. The van der Waals surface area contributed by atoms with E-state index in [9.17, 15) is 19.8 Å². The second kappa shape index (κ2) is 18.3. The molecule has 0 spiro atoms. The first-order chi connectivity index (χ1) is 22.0. The molecule has 250 valence electrons. The summed E-state index contributed by atoms with van der Waals surface area (Å²) in [4.78, 5) is 24.5. The molecule has 0 saturated carbocycles. The van der Waals surface area contributed by atoms with Crippen molar-refractivity contribution < 1.29 is 38.7 Å². The number of aromatic hydroxyl groups is 2. The summed E-state index contributed by atoms with van der Waals surface area (Å²) in [5.74, 6) is -0.384. The Morgan fingerprint density at radius 1 is 0.587 bits per heavy atom. The minimum Gasteiger partial charge on any atom is -0.508 e. The van der Waals surface area contributed by atoms with Crippen molar-refractivity contribution in [1.82, 2.24) is 0 Å². The van der Waals surface area contributed by atoms with Crippen LogP contribution in [0, 0.1) is 0 Å². The highest BCUT2D eigenvalue weighted by atomic mass is 16.6. The number of phenols is 2. The highest BCUT2D eigenvalue weighted by Crippen LogP contribution is 2.43. The molecule has 0 saturated heterocycles. The number of carbonyl (C=O) groups is 2. The smallest absolute Gasteiger partial charge is 0.305 e. The van der Waals surface area contributed by atoms with Gasteiger partial charge in [-0.2, -0.15) is 0 Å². The summed E-state index contributed by atoms with van der Waals surface area (Å²) in [7, 11) is 0. The number of hydrogen-bond acceptors (Lipinski definition) is 8. The molecule has 0 fully saturated rings. The quantitative estimate of drug-likeness (QED) is 0.0746. The fourth-order valence-corrected chi connectivity index (χ4v) is 5.38. The van der Waals surface area contributed by atoms with Crippen LogP contribution in [-0.4, -0.2) is 48.6 Å². The van der Waals surface area contributed by atoms with Crippen molar-refractivity contribution in [3.05, 3.63) is 95.1 Å². The number of benzene rings is 3. The summed E-state index contributed by atoms with van der Waals surface area (Å²) in [6.07, 6.45) is 2.87. The van der Waals surface area contributed by atoms with Crippen LogP contribution in [0.1, 0.15) is 88.5 Å².